The molecule has 1 aliphatic rings. The van der Waals surface area contributed by atoms with Gasteiger partial charge in [-0.05, 0) is 18.6 Å². The molecule has 1 atom stereocenters. The molecule has 128 valence electrons. The summed E-state index contributed by atoms with van der Waals surface area (Å²) in [5.74, 6) is 0.684. The topological polar surface area (TPSA) is 41.5 Å². The van der Waals surface area contributed by atoms with Gasteiger partial charge in [-0.25, -0.2) is 0 Å². The summed E-state index contributed by atoms with van der Waals surface area (Å²) in [6.45, 7) is 2.26. The number of rotatable bonds is 11. The molecule has 0 aliphatic carbocycles. The van der Waals surface area contributed by atoms with Crippen LogP contribution < -0.4 is 9.78 Å². The second-order valence-corrected chi connectivity index (χ2v) is 7.49. The number of fused-ring (bicyclic) bond motifs is 1. The van der Waals surface area contributed by atoms with Crippen molar-refractivity contribution in [2.24, 2.45) is 0 Å². The standard InChI is InChI=1S/C19H29O3P/c1-2-3-4-5-6-7-8-9-10-11-16-19-17-14-12-13-15-18(17)21-22-23(19)20/h12-15H,2-11,16H2,1H3. The largest absolute Gasteiger partial charge is 0.599 e. The van der Waals surface area contributed by atoms with Crippen LogP contribution in [0.2, 0.25) is 0 Å². The molecule has 0 amide bonds. The van der Waals surface area contributed by atoms with Crippen LogP contribution in [0.1, 0.15) is 83.1 Å². The quantitative estimate of drug-likeness (QED) is 0.304. The van der Waals surface area contributed by atoms with Crippen molar-refractivity contribution >= 4 is 13.3 Å². The van der Waals surface area contributed by atoms with Crippen LogP contribution in [0, 0.1) is 0 Å². The lowest BCUT2D eigenvalue weighted by Gasteiger charge is -2.14. The van der Waals surface area contributed by atoms with Crippen molar-refractivity contribution in [2.75, 3.05) is 0 Å². The Balaban J connectivity index is 1.61. The third-order valence-electron chi connectivity index (χ3n) is 4.38. The molecule has 1 aromatic rings. The van der Waals surface area contributed by atoms with Gasteiger partial charge in [0, 0.05) is 11.1 Å². The predicted molar refractivity (Wildman–Crippen MR) is 95.6 cm³/mol. The highest BCUT2D eigenvalue weighted by molar-refractivity contribution is 7.47. The van der Waals surface area contributed by atoms with E-state index < -0.39 is 8.00 Å². The molecule has 0 fully saturated rings. The van der Waals surface area contributed by atoms with Gasteiger partial charge in [-0.15, -0.1) is 0 Å². The first-order valence-corrected chi connectivity index (χ1v) is 10.3. The molecule has 3 nitrogen and oxygen atoms in total. The zero-order chi connectivity index (χ0) is 16.3. The first-order chi connectivity index (χ1) is 11.3. The van der Waals surface area contributed by atoms with Gasteiger partial charge in [-0.1, -0.05) is 76.8 Å². The molecule has 0 N–H and O–H groups in total. The molecule has 1 unspecified atom stereocenters. The van der Waals surface area contributed by atoms with Crippen LogP contribution in [0.15, 0.2) is 24.3 Å². The maximum absolute atomic E-state index is 12.0. The average molecular weight is 336 g/mol. The Hall–Kier alpha value is -0.890. The molecular weight excluding hydrogens is 307 g/mol. The molecule has 2 rings (SSSR count). The van der Waals surface area contributed by atoms with E-state index in [2.05, 4.69) is 6.92 Å². The lowest BCUT2D eigenvalue weighted by atomic mass is 10.0. The molecular formula is C19H29O3P. The van der Waals surface area contributed by atoms with Crippen molar-refractivity contribution in [3.8, 4) is 5.75 Å². The van der Waals surface area contributed by atoms with Crippen LogP contribution in [-0.4, -0.2) is 5.29 Å². The minimum atomic E-state index is -1.83. The Kier molecular flexibility index (Phi) is 8.67. The van der Waals surface area contributed by atoms with Crippen molar-refractivity contribution in [3.05, 3.63) is 29.8 Å². The van der Waals surface area contributed by atoms with Gasteiger partial charge < -0.3 is 4.89 Å². The van der Waals surface area contributed by atoms with Gasteiger partial charge in [0.05, 0.1) is 5.56 Å². The molecule has 1 heterocycles. The van der Waals surface area contributed by atoms with Gasteiger partial charge in [0.15, 0.2) is 11.0 Å². The van der Waals surface area contributed by atoms with Crippen LogP contribution in [0.3, 0.4) is 0 Å². The Labute approximate surface area is 141 Å². The average Bonchev–Trinajstić information content (AvgIpc) is 2.58. The van der Waals surface area contributed by atoms with E-state index in [1.807, 2.05) is 24.3 Å². The van der Waals surface area contributed by atoms with Gasteiger partial charge in [0.1, 0.15) is 0 Å². The van der Waals surface area contributed by atoms with Crippen LogP contribution in [-0.2, 0) is 4.67 Å². The molecule has 0 saturated heterocycles. The third-order valence-corrected chi connectivity index (χ3v) is 5.50. The minimum Gasteiger partial charge on any atom is -0.599 e. The van der Waals surface area contributed by atoms with Crippen molar-refractivity contribution in [2.45, 2.75) is 77.6 Å². The van der Waals surface area contributed by atoms with Gasteiger partial charge in [-0.2, -0.15) is 0 Å². The molecule has 23 heavy (non-hydrogen) atoms. The summed E-state index contributed by atoms with van der Waals surface area (Å²) < 4.78 is 4.93. The highest BCUT2D eigenvalue weighted by Gasteiger charge is 2.25. The summed E-state index contributed by atoms with van der Waals surface area (Å²) in [7, 11) is -1.83. The number of hydrogen-bond donors (Lipinski definition) is 0. The molecule has 1 aliphatic heterocycles. The molecule has 0 aromatic heterocycles. The van der Waals surface area contributed by atoms with E-state index in [0.29, 0.717) is 5.75 Å². The lowest BCUT2D eigenvalue weighted by Crippen LogP contribution is -2.15. The summed E-state index contributed by atoms with van der Waals surface area (Å²) in [6, 6.07) is 7.68. The first kappa shape index (κ1) is 18.4. The SMILES string of the molecule is CCCCCCCCCCCCC1=[P+]([O-])OOc2ccccc21. The van der Waals surface area contributed by atoms with E-state index in [9.17, 15) is 4.89 Å². The fourth-order valence-corrected chi connectivity index (χ4v) is 3.96. The fraction of sp³-hybridized carbons (Fsp3) is 0.632. The second-order valence-electron chi connectivity index (χ2n) is 6.29. The summed E-state index contributed by atoms with van der Waals surface area (Å²) in [4.78, 5) is 17.1. The summed E-state index contributed by atoms with van der Waals surface area (Å²) in [5.41, 5.74) is 0.954. The second kappa shape index (κ2) is 10.8. The van der Waals surface area contributed by atoms with E-state index in [0.717, 1.165) is 23.7 Å². The van der Waals surface area contributed by atoms with E-state index in [4.69, 9.17) is 9.56 Å². The Morgan fingerprint density at radius 2 is 1.48 bits per heavy atom. The van der Waals surface area contributed by atoms with E-state index in [-0.39, 0.29) is 0 Å². The minimum absolute atomic E-state index is 0.684. The molecule has 4 heteroatoms. The number of para-hydroxylation sites is 1. The Morgan fingerprint density at radius 3 is 2.17 bits per heavy atom. The van der Waals surface area contributed by atoms with Crippen LogP contribution in [0.5, 0.6) is 5.75 Å². The summed E-state index contributed by atoms with van der Waals surface area (Å²) in [6.07, 6.45) is 13.9. The molecule has 0 radical (unpaired) electrons. The van der Waals surface area contributed by atoms with Gasteiger partial charge in [0.2, 0.25) is 0 Å². The number of benzene rings is 1. The smallest absolute Gasteiger partial charge is 0.283 e. The monoisotopic (exact) mass is 336 g/mol. The van der Waals surface area contributed by atoms with E-state index >= 15 is 0 Å². The van der Waals surface area contributed by atoms with Crippen molar-refractivity contribution < 1.29 is 14.5 Å². The van der Waals surface area contributed by atoms with Crippen LogP contribution >= 0.6 is 8.00 Å². The van der Waals surface area contributed by atoms with Gasteiger partial charge >= 0.3 is 0 Å². The highest BCUT2D eigenvalue weighted by Crippen LogP contribution is 2.35. The predicted octanol–water partition coefficient (Wildman–Crippen LogP) is 5.51. The fourth-order valence-electron chi connectivity index (χ4n) is 3.00. The van der Waals surface area contributed by atoms with E-state index in [1.54, 1.807) is 0 Å². The van der Waals surface area contributed by atoms with Crippen molar-refractivity contribution in [1.82, 2.24) is 0 Å². The maximum atomic E-state index is 12.0. The highest BCUT2D eigenvalue weighted by atomic mass is 31.1. The van der Waals surface area contributed by atoms with Crippen LogP contribution in [0.25, 0.3) is 0 Å². The van der Waals surface area contributed by atoms with Gasteiger partial charge in [-0.3, -0.25) is 4.89 Å². The van der Waals surface area contributed by atoms with Gasteiger partial charge in [0.25, 0.3) is 8.00 Å². The van der Waals surface area contributed by atoms with Crippen molar-refractivity contribution in [3.63, 3.8) is 0 Å². The molecule has 1 aromatic carbocycles. The molecule has 0 bridgehead atoms. The zero-order valence-corrected chi connectivity index (χ0v) is 15.2. The normalized spacial score (nSPS) is 15.4. The molecule has 0 spiro atoms. The summed E-state index contributed by atoms with van der Waals surface area (Å²) >= 11 is 0. The van der Waals surface area contributed by atoms with E-state index in [1.165, 1.54) is 57.8 Å². The third kappa shape index (κ3) is 6.25. The first-order valence-electron chi connectivity index (χ1n) is 9.10. The lowest BCUT2D eigenvalue weighted by molar-refractivity contribution is -0.218. The van der Waals surface area contributed by atoms with Crippen molar-refractivity contribution in [1.29, 1.82) is 0 Å². The van der Waals surface area contributed by atoms with Crippen LogP contribution in [0.4, 0.5) is 0 Å². The Bertz CT molecular complexity index is 499. The number of unbranched alkanes of at least 4 members (excludes halogenated alkanes) is 9. The Morgan fingerprint density at radius 1 is 0.870 bits per heavy atom. The zero-order valence-electron chi connectivity index (χ0n) is 14.3. The molecule has 0 saturated carbocycles. The number of hydrogen-bond acceptors (Lipinski definition) is 3. The maximum Gasteiger partial charge on any atom is 0.283 e. The summed E-state index contributed by atoms with van der Waals surface area (Å²) in [5, 5.41) is 0.904.